The van der Waals surface area contributed by atoms with Gasteiger partial charge in [0.2, 0.25) is 0 Å². The smallest absolute Gasteiger partial charge is 0.271 e. The van der Waals surface area contributed by atoms with Gasteiger partial charge in [0.15, 0.2) is 5.03 Å². The van der Waals surface area contributed by atoms with E-state index in [4.69, 9.17) is 11.6 Å². The molecule has 0 atom stereocenters. The predicted octanol–water partition coefficient (Wildman–Crippen LogP) is 1.28. The molecule has 2 rings (SSSR count). The summed E-state index contributed by atoms with van der Waals surface area (Å²) in [4.78, 5) is 25.5. The van der Waals surface area contributed by atoms with Crippen LogP contribution in [0.15, 0.2) is 23.4 Å². The number of ketones is 1. The van der Waals surface area contributed by atoms with Crippen LogP contribution in [0.5, 0.6) is 0 Å². The number of nitrogens with zero attached hydrogens (tertiary/aromatic N) is 4. The third-order valence-electron chi connectivity index (χ3n) is 2.30. The third-order valence-corrected chi connectivity index (χ3v) is 2.53. The maximum absolute atomic E-state index is 10.3. The molecule has 0 aromatic carbocycles. The van der Waals surface area contributed by atoms with Crippen molar-refractivity contribution in [2.24, 2.45) is 5.10 Å². The minimum absolute atomic E-state index is 0.167. The van der Waals surface area contributed by atoms with Crippen LogP contribution in [-0.2, 0) is 11.3 Å². The largest absolute Gasteiger partial charge is 0.349 e. The van der Waals surface area contributed by atoms with Gasteiger partial charge >= 0.3 is 0 Å². The highest BCUT2D eigenvalue weighted by Crippen LogP contribution is 2.09. The van der Waals surface area contributed by atoms with E-state index in [2.05, 4.69) is 15.4 Å². The van der Waals surface area contributed by atoms with E-state index in [1.807, 2.05) is 6.07 Å². The molecule has 9 heteroatoms. The molecule has 0 spiro atoms. The van der Waals surface area contributed by atoms with Crippen molar-refractivity contribution in [3.8, 4) is 0 Å². The molecule has 1 aromatic heterocycles. The monoisotopic (exact) mass is 313 g/mol. The zero-order valence-corrected chi connectivity index (χ0v) is 12.5. The number of carbonyl (C=O) groups is 1. The van der Waals surface area contributed by atoms with Crippen LogP contribution < -0.4 is 5.32 Å². The van der Waals surface area contributed by atoms with Crippen LogP contribution in [0.2, 0.25) is 5.15 Å². The molecule has 1 fully saturated rings. The van der Waals surface area contributed by atoms with Crippen molar-refractivity contribution in [1.82, 2.24) is 15.2 Å². The van der Waals surface area contributed by atoms with Crippen LogP contribution >= 0.6 is 11.6 Å². The number of hydrogen-bond donors (Lipinski definition) is 1. The van der Waals surface area contributed by atoms with Crippen molar-refractivity contribution < 1.29 is 9.83 Å². The first-order valence-corrected chi connectivity index (χ1v) is 6.55. The molecule has 0 bridgehead atoms. The summed E-state index contributed by atoms with van der Waals surface area (Å²) in [6.07, 6.45) is 1.64. The Morgan fingerprint density at radius 1 is 1.57 bits per heavy atom. The molecule has 8 nitrogen and oxygen atoms in total. The molecular weight excluding hydrogens is 298 g/mol. The van der Waals surface area contributed by atoms with Crippen molar-refractivity contribution >= 4 is 23.3 Å². The van der Waals surface area contributed by atoms with Gasteiger partial charge < -0.3 is 15.0 Å². The molecule has 1 aliphatic heterocycles. The topological polar surface area (TPSA) is 101 Å². The molecule has 1 aliphatic rings. The van der Waals surface area contributed by atoms with Crippen LogP contribution in [0, 0.1) is 10.1 Å². The average molecular weight is 314 g/mol. The minimum Gasteiger partial charge on any atom is -0.349 e. The van der Waals surface area contributed by atoms with E-state index >= 15 is 0 Å². The fourth-order valence-corrected chi connectivity index (χ4v) is 1.68. The van der Waals surface area contributed by atoms with Gasteiger partial charge in [-0.3, -0.25) is 0 Å². The molecule has 1 N–H and O–H groups in total. The summed E-state index contributed by atoms with van der Waals surface area (Å²) in [6.45, 7) is 4.90. The first-order valence-electron chi connectivity index (χ1n) is 6.18. The second kappa shape index (κ2) is 8.15. The number of rotatable bonds is 3. The van der Waals surface area contributed by atoms with Crippen molar-refractivity contribution in [2.45, 2.75) is 20.4 Å². The van der Waals surface area contributed by atoms with Gasteiger partial charge in [0.25, 0.3) is 5.96 Å². The number of halogens is 1. The zero-order chi connectivity index (χ0) is 15.8. The number of nitrogens with one attached hydrogen (secondary N) is 1. The summed E-state index contributed by atoms with van der Waals surface area (Å²) >= 11 is 5.68. The summed E-state index contributed by atoms with van der Waals surface area (Å²) in [5, 5.41) is 16.2. The summed E-state index contributed by atoms with van der Waals surface area (Å²) in [6, 6.07) is 3.52. The zero-order valence-electron chi connectivity index (χ0n) is 11.7. The van der Waals surface area contributed by atoms with Crippen LogP contribution in [-0.4, -0.2) is 39.7 Å². The van der Waals surface area contributed by atoms with E-state index in [1.54, 1.807) is 17.2 Å². The number of Topliss-reactive ketones (excluding diaryl/α,β-unsaturated/α-hetero) is 1. The highest BCUT2D eigenvalue weighted by molar-refractivity contribution is 6.29. The van der Waals surface area contributed by atoms with Gasteiger partial charge in [0, 0.05) is 25.8 Å². The molecule has 0 amide bonds. The summed E-state index contributed by atoms with van der Waals surface area (Å²) in [7, 11) is 0. The van der Waals surface area contributed by atoms with Gasteiger partial charge in [0.05, 0.1) is 0 Å². The van der Waals surface area contributed by atoms with E-state index in [9.17, 15) is 14.9 Å². The number of carbonyl (C=O) groups excluding carboxylic acids is 1. The van der Waals surface area contributed by atoms with E-state index in [0.717, 1.165) is 5.56 Å². The van der Waals surface area contributed by atoms with Crippen LogP contribution in [0.25, 0.3) is 0 Å². The molecule has 1 saturated heterocycles. The fourth-order valence-electron chi connectivity index (χ4n) is 1.57. The predicted molar refractivity (Wildman–Crippen MR) is 78.4 cm³/mol. The van der Waals surface area contributed by atoms with E-state index in [0.29, 0.717) is 24.8 Å². The number of hydrogen-bond acceptors (Lipinski definition) is 4. The summed E-state index contributed by atoms with van der Waals surface area (Å²) < 4.78 is 0. The third kappa shape index (κ3) is 6.66. The summed E-state index contributed by atoms with van der Waals surface area (Å²) in [5.74, 6) is 0.449. The Balaban J connectivity index is 0.000000491. The SMILES string of the molecule is CC(C)=O.O=[N+]([O-])/N=C1\NCCN1Cc1ccc(Cl)nc1. The number of aromatic nitrogens is 1. The molecule has 2 heterocycles. The van der Waals surface area contributed by atoms with Crippen LogP contribution in [0.4, 0.5) is 0 Å². The minimum atomic E-state index is -0.708. The van der Waals surface area contributed by atoms with Gasteiger partial charge in [-0.1, -0.05) is 17.7 Å². The lowest BCUT2D eigenvalue weighted by atomic mass is 10.3. The Morgan fingerprint density at radius 2 is 2.24 bits per heavy atom. The molecule has 114 valence electrons. The van der Waals surface area contributed by atoms with E-state index in [1.165, 1.54) is 13.8 Å². The van der Waals surface area contributed by atoms with E-state index in [-0.39, 0.29) is 11.7 Å². The molecule has 0 aliphatic carbocycles. The van der Waals surface area contributed by atoms with Crippen molar-refractivity contribution in [2.75, 3.05) is 13.1 Å². The van der Waals surface area contributed by atoms with Crippen molar-refractivity contribution in [3.05, 3.63) is 39.2 Å². The molecule has 0 radical (unpaired) electrons. The molecule has 21 heavy (non-hydrogen) atoms. The maximum Gasteiger partial charge on any atom is 0.271 e. The van der Waals surface area contributed by atoms with E-state index < -0.39 is 5.03 Å². The molecule has 1 aromatic rings. The van der Waals surface area contributed by atoms with Crippen LogP contribution in [0.1, 0.15) is 19.4 Å². The van der Waals surface area contributed by atoms with Gasteiger partial charge in [0.1, 0.15) is 16.0 Å². The lowest BCUT2D eigenvalue weighted by molar-refractivity contribution is -0.485. The molecule has 0 unspecified atom stereocenters. The number of hydrazone groups is 1. The number of nitro groups is 1. The highest BCUT2D eigenvalue weighted by atomic mass is 35.5. The Kier molecular flexibility index (Phi) is 6.54. The average Bonchev–Trinajstić information content (AvgIpc) is 2.78. The quantitative estimate of drug-likeness (QED) is 0.512. The standard InChI is InChI=1S/C9H10ClN5O2.C3H6O/c10-8-2-1-7(5-12-8)6-14-4-3-11-9(14)13-15(16)17;1-3(2)4/h1-2,5H,3-4,6H2,(H,11,13);1-2H3. The molecular formula is C12H16ClN5O3. The van der Waals surface area contributed by atoms with Crippen molar-refractivity contribution in [1.29, 1.82) is 0 Å². The van der Waals surface area contributed by atoms with Crippen molar-refractivity contribution in [3.63, 3.8) is 0 Å². The first kappa shape index (κ1) is 16.8. The maximum atomic E-state index is 10.3. The van der Waals surface area contributed by atoms with Gasteiger partial charge in [-0.05, 0) is 25.5 Å². The van der Waals surface area contributed by atoms with Gasteiger partial charge in [-0.25, -0.2) is 15.1 Å². The first-order chi connectivity index (χ1) is 9.88. The highest BCUT2D eigenvalue weighted by Gasteiger charge is 2.21. The van der Waals surface area contributed by atoms with Gasteiger partial charge in [-0.15, -0.1) is 0 Å². The van der Waals surface area contributed by atoms with Gasteiger partial charge in [-0.2, -0.15) is 0 Å². The Bertz CT molecular complexity index is 528. The number of guanidine groups is 1. The van der Waals surface area contributed by atoms with Crippen LogP contribution in [0.3, 0.4) is 0 Å². The summed E-state index contributed by atoms with van der Waals surface area (Å²) in [5.41, 5.74) is 0.925. The normalized spacial score (nSPS) is 15.2. The lowest BCUT2D eigenvalue weighted by Gasteiger charge is -2.14. The lowest BCUT2D eigenvalue weighted by Crippen LogP contribution is -2.30. The fraction of sp³-hybridized carbons (Fsp3) is 0.417. The number of pyridine rings is 1. The Hall–Kier alpha value is -2.22. The second-order valence-corrected chi connectivity index (χ2v) is 4.79. The molecule has 0 saturated carbocycles. The Labute approximate surface area is 126 Å². The Morgan fingerprint density at radius 3 is 2.76 bits per heavy atom. The second-order valence-electron chi connectivity index (χ2n) is 4.41.